The average molecular weight is 532 g/mol. The first-order valence-corrected chi connectivity index (χ1v) is 13.0. The molecule has 4 aromatic rings. The van der Waals surface area contributed by atoms with Gasteiger partial charge in [0.25, 0.3) is 0 Å². The number of ether oxygens (including phenoxy) is 2. The fourth-order valence-corrected chi connectivity index (χ4v) is 4.82. The Balaban J connectivity index is 1.23. The van der Waals surface area contributed by atoms with Crippen molar-refractivity contribution in [2.45, 2.75) is 26.4 Å². The second-order valence-corrected chi connectivity index (χ2v) is 9.71. The summed E-state index contributed by atoms with van der Waals surface area (Å²) >= 11 is 6.24. The Bertz CT molecular complexity index is 1380. The molecule has 1 fully saturated rings. The molecule has 1 aliphatic rings. The minimum Gasteiger partial charge on any atom is -0.441 e. The largest absolute Gasteiger partial charge is 0.441 e. The van der Waals surface area contributed by atoms with Crippen molar-refractivity contribution in [3.8, 4) is 11.3 Å². The normalized spacial score (nSPS) is 14.2. The molecule has 3 aromatic carbocycles. The maximum atomic E-state index is 12.7. The first-order valence-electron chi connectivity index (χ1n) is 12.7. The molecule has 0 aliphatic carbocycles. The van der Waals surface area contributed by atoms with Crippen LogP contribution in [0.5, 0.6) is 0 Å². The quantitative estimate of drug-likeness (QED) is 0.275. The topological polar surface area (TPSA) is 76.8 Å². The van der Waals surface area contributed by atoms with Crippen molar-refractivity contribution in [1.29, 1.82) is 0 Å². The van der Waals surface area contributed by atoms with E-state index < -0.39 is 12.2 Å². The van der Waals surface area contributed by atoms with E-state index in [1.165, 1.54) is 16.8 Å². The van der Waals surface area contributed by atoms with E-state index >= 15 is 0 Å². The number of carbonyl (C=O) groups excluding carboxylic acids is 1. The van der Waals surface area contributed by atoms with Gasteiger partial charge >= 0.3 is 6.09 Å². The lowest BCUT2D eigenvalue weighted by molar-refractivity contribution is 0.121. The Morgan fingerprint density at radius 1 is 1.03 bits per heavy atom. The van der Waals surface area contributed by atoms with Gasteiger partial charge in [0, 0.05) is 34.9 Å². The molecule has 7 nitrogen and oxygen atoms in total. The number of aryl methyl sites for hydroxylation is 1. The lowest BCUT2D eigenvalue weighted by Crippen LogP contribution is -2.36. The highest BCUT2D eigenvalue weighted by Crippen LogP contribution is 2.32. The van der Waals surface area contributed by atoms with E-state index in [0.29, 0.717) is 22.2 Å². The molecule has 2 heterocycles. The van der Waals surface area contributed by atoms with Gasteiger partial charge < -0.3 is 18.9 Å². The number of benzene rings is 3. The highest BCUT2D eigenvalue weighted by atomic mass is 35.5. The third-order valence-corrected chi connectivity index (χ3v) is 7.00. The first-order chi connectivity index (χ1) is 18.5. The zero-order valence-corrected chi connectivity index (χ0v) is 22.2. The molecule has 5 rings (SSSR count). The van der Waals surface area contributed by atoms with Crippen LogP contribution in [0, 0.1) is 6.92 Å². The second-order valence-electron chi connectivity index (χ2n) is 9.31. The second kappa shape index (κ2) is 11.7. The Kier molecular flexibility index (Phi) is 7.96. The van der Waals surface area contributed by atoms with Gasteiger partial charge in [-0.3, -0.25) is 5.32 Å². The van der Waals surface area contributed by atoms with Gasteiger partial charge in [0.05, 0.1) is 13.2 Å². The number of hydrogen-bond acceptors (Lipinski definition) is 6. The van der Waals surface area contributed by atoms with Crippen LogP contribution in [-0.4, -0.2) is 37.6 Å². The van der Waals surface area contributed by atoms with Crippen LogP contribution in [0.15, 0.2) is 77.3 Å². The molecule has 196 valence electrons. The number of nitrogens with one attached hydrogen (secondary N) is 1. The fraction of sp³-hybridized carbons (Fsp3) is 0.267. The van der Waals surface area contributed by atoms with Gasteiger partial charge in [0.1, 0.15) is 17.5 Å². The number of morpholine rings is 1. The minimum atomic E-state index is -0.609. The molecule has 1 amide bonds. The Morgan fingerprint density at radius 3 is 2.37 bits per heavy atom. The number of halogens is 1. The van der Waals surface area contributed by atoms with E-state index in [4.69, 9.17) is 25.6 Å². The predicted molar refractivity (Wildman–Crippen MR) is 149 cm³/mol. The summed E-state index contributed by atoms with van der Waals surface area (Å²) in [6, 6.07) is 24.1. The van der Waals surface area contributed by atoms with Crippen molar-refractivity contribution in [1.82, 2.24) is 5.16 Å². The minimum absolute atomic E-state index is 0.478. The molecule has 0 bridgehead atoms. The van der Waals surface area contributed by atoms with E-state index in [1.54, 1.807) is 19.9 Å². The number of hydrogen-bond donors (Lipinski definition) is 1. The van der Waals surface area contributed by atoms with Gasteiger partial charge in [0.2, 0.25) is 0 Å². The zero-order valence-electron chi connectivity index (χ0n) is 21.4. The summed E-state index contributed by atoms with van der Waals surface area (Å²) in [5, 5.41) is 7.39. The molecule has 1 N–H and O–H groups in total. The van der Waals surface area contributed by atoms with Crippen LogP contribution in [-0.2, 0) is 15.9 Å². The highest BCUT2D eigenvalue weighted by Gasteiger charge is 2.20. The smallest absolute Gasteiger partial charge is 0.412 e. The molecule has 0 radical (unpaired) electrons. The summed E-state index contributed by atoms with van der Waals surface area (Å²) in [7, 11) is 0. The summed E-state index contributed by atoms with van der Waals surface area (Å²) < 4.78 is 16.6. The molecule has 0 saturated carbocycles. The van der Waals surface area contributed by atoms with E-state index in [9.17, 15) is 4.79 Å². The fourth-order valence-electron chi connectivity index (χ4n) is 4.53. The van der Waals surface area contributed by atoms with Gasteiger partial charge in [-0.25, -0.2) is 4.79 Å². The van der Waals surface area contributed by atoms with E-state index in [-0.39, 0.29) is 0 Å². The summed E-state index contributed by atoms with van der Waals surface area (Å²) in [5.74, 6) is 0.478. The molecule has 1 saturated heterocycles. The third-order valence-electron chi connectivity index (χ3n) is 6.65. The molecule has 8 heteroatoms. The molecule has 1 unspecified atom stereocenters. The van der Waals surface area contributed by atoms with E-state index in [2.05, 4.69) is 51.8 Å². The molecular weight excluding hydrogens is 502 g/mol. The van der Waals surface area contributed by atoms with Crippen molar-refractivity contribution in [3.05, 3.63) is 100 Å². The number of amides is 1. The van der Waals surface area contributed by atoms with Crippen LogP contribution in [0.2, 0.25) is 5.02 Å². The molecule has 1 aromatic heterocycles. The number of anilines is 2. The van der Waals surface area contributed by atoms with Gasteiger partial charge in [-0.05, 0) is 49.6 Å². The van der Waals surface area contributed by atoms with Crippen molar-refractivity contribution in [2.24, 2.45) is 0 Å². The van der Waals surface area contributed by atoms with Crippen molar-refractivity contribution in [2.75, 3.05) is 36.5 Å². The first kappa shape index (κ1) is 25.8. The average Bonchev–Trinajstić information content (AvgIpc) is 3.29. The summed E-state index contributed by atoms with van der Waals surface area (Å²) in [5.41, 5.74) is 6.23. The zero-order chi connectivity index (χ0) is 26.5. The summed E-state index contributed by atoms with van der Waals surface area (Å²) in [4.78, 5) is 15.0. The Hall–Kier alpha value is -3.81. The number of carbonyl (C=O) groups is 1. The van der Waals surface area contributed by atoms with Crippen LogP contribution < -0.4 is 10.2 Å². The van der Waals surface area contributed by atoms with Crippen LogP contribution >= 0.6 is 11.6 Å². The maximum absolute atomic E-state index is 12.7. The lowest BCUT2D eigenvalue weighted by atomic mass is 10.0. The molecule has 38 heavy (non-hydrogen) atoms. The standard InChI is InChI=1S/C30H30ClN3O4/c1-20-28(32-30(35)37-21(2)26-5-3-4-6-27(26)31)29(38-33-20)24-11-7-22(8-12-24)19-23-9-13-25(14-10-23)34-15-17-36-18-16-34/h3-14,21H,15-19H2,1-2H3,(H,32,35). The number of rotatable bonds is 7. The van der Waals surface area contributed by atoms with Crippen LogP contribution in [0.25, 0.3) is 11.3 Å². The number of nitrogens with zero attached hydrogens (tertiary/aromatic N) is 2. The van der Waals surface area contributed by atoms with Crippen LogP contribution in [0.3, 0.4) is 0 Å². The Morgan fingerprint density at radius 2 is 1.68 bits per heavy atom. The third kappa shape index (κ3) is 6.01. The van der Waals surface area contributed by atoms with E-state index in [0.717, 1.165) is 43.9 Å². The Labute approximate surface area is 227 Å². The molecule has 1 aliphatic heterocycles. The van der Waals surface area contributed by atoms with E-state index in [1.807, 2.05) is 30.3 Å². The monoisotopic (exact) mass is 531 g/mol. The maximum Gasteiger partial charge on any atom is 0.412 e. The SMILES string of the molecule is Cc1noc(-c2ccc(Cc3ccc(N4CCOCC4)cc3)cc2)c1NC(=O)OC(C)c1ccccc1Cl. The summed E-state index contributed by atoms with van der Waals surface area (Å²) in [6.45, 7) is 6.96. The van der Waals surface area contributed by atoms with Gasteiger partial charge in [-0.15, -0.1) is 0 Å². The predicted octanol–water partition coefficient (Wildman–Crippen LogP) is 7.04. The molecule has 0 spiro atoms. The van der Waals surface area contributed by atoms with Crippen LogP contribution in [0.4, 0.5) is 16.2 Å². The van der Waals surface area contributed by atoms with Crippen molar-refractivity contribution < 1.29 is 18.8 Å². The van der Waals surface area contributed by atoms with Gasteiger partial charge in [-0.1, -0.05) is 71.4 Å². The van der Waals surface area contributed by atoms with Gasteiger partial charge in [0.15, 0.2) is 5.76 Å². The lowest BCUT2D eigenvalue weighted by Gasteiger charge is -2.28. The highest BCUT2D eigenvalue weighted by molar-refractivity contribution is 6.31. The summed E-state index contributed by atoms with van der Waals surface area (Å²) in [6.07, 6.45) is -0.312. The van der Waals surface area contributed by atoms with Gasteiger partial charge in [-0.2, -0.15) is 0 Å². The number of aromatic nitrogens is 1. The molecular formula is C30H30ClN3O4. The van der Waals surface area contributed by atoms with Crippen molar-refractivity contribution in [3.63, 3.8) is 0 Å². The van der Waals surface area contributed by atoms with Crippen molar-refractivity contribution >= 4 is 29.1 Å². The molecule has 1 atom stereocenters. The van der Waals surface area contributed by atoms with Crippen LogP contribution in [0.1, 0.15) is 35.4 Å².